The van der Waals surface area contributed by atoms with E-state index in [0.29, 0.717) is 6.42 Å². The van der Waals surface area contributed by atoms with Gasteiger partial charge in [-0.25, -0.2) is 0 Å². The zero-order valence-corrected chi connectivity index (χ0v) is 17.3. The highest BCUT2D eigenvalue weighted by atomic mass is 16.4. The Kier molecular flexibility index (Phi) is 14.0. The molecule has 1 rings (SSSR count). The van der Waals surface area contributed by atoms with E-state index in [1.807, 2.05) is 0 Å². The van der Waals surface area contributed by atoms with Gasteiger partial charge in [0.1, 0.15) is 0 Å². The number of aryl methyl sites for hydroxylation is 1. The number of unbranched alkanes of at least 4 members (excludes halogenated alkanes) is 12. The predicted octanol–water partition coefficient (Wildman–Crippen LogP) is 6.48. The molecule has 0 spiro atoms. The molecule has 0 fully saturated rings. The summed E-state index contributed by atoms with van der Waals surface area (Å²) in [5, 5.41) is 17.6. The van der Waals surface area contributed by atoms with E-state index in [4.69, 9.17) is 10.2 Å². The molecule has 28 heavy (non-hydrogen) atoms. The van der Waals surface area contributed by atoms with Crippen molar-refractivity contribution in [3.8, 4) is 0 Å². The molecular formula is C24H38O4. The summed E-state index contributed by atoms with van der Waals surface area (Å²) in [4.78, 5) is 21.6. The molecule has 0 heterocycles. The molecule has 0 radical (unpaired) electrons. The topological polar surface area (TPSA) is 74.6 Å². The van der Waals surface area contributed by atoms with Crippen LogP contribution in [0.3, 0.4) is 0 Å². The summed E-state index contributed by atoms with van der Waals surface area (Å²) in [6.07, 6.45) is 17.1. The van der Waals surface area contributed by atoms with Crippen LogP contribution in [0.1, 0.15) is 95.5 Å². The summed E-state index contributed by atoms with van der Waals surface area (Å²) in [5.74, 6) is -3.68. The first-order valence-corrected chi connectivity index (χ1v) is 11.1. The molecule has 0 aliphatic carbocycles. The Hall–Kier alpha value is -1.84. The SMILES string of the molecule is O=C(O)C(CCCCCCCCCCCCCCCc1ccccc1)C(=O)O. The van der Waals surface area contributed by atoms with Crippen LogP contribution >= 0.6 is 0 Å². The van der Waals surface area contributed by atoms with E-state index in [-0.39, 0.29) is 6.42 Å². The van der Waals surface area contributed by atoms with E-state index < -0.39 is 17.9 Å². The molecule has 4 heteroatoms. The van der Waals surface area contributed by atoms with Gasteiger partial charge in [0.15, 0.2) is 5.92 Å². The molecule has 2 N–H and O–H groups in total. The zero-order valence-electron chi connectivity index (χ0n) is 17.3. The maximum Gasteiger partial charge on any atom is 0.317 e. The third kappa shape index (κ3) is 12.5. The highest BCUT2D eigenvalue weighted by Crippen LogP contribution is 2.15. The molecule has 0 aliphatic heterocycles. The Balaban J connectivity index is 1.79. The molecule has 1 aromatic carbocycles. The standard InChI is InChI=1S/C24H38O4/c25-23(26)22(24(27)28)20-16-11-9-7-5-3-1-2-4-6-8-10-13-17-21-18-14-12-15-19-21/h12,14-15,18-19,22H,1-11,13,16-17,20H2,(H,25,26)(H,27,28). The Morgan fingerprint density at radius 3 is 1.43 bits per heavy atom. The third-order valence-electron chi connectivity index (χ3n) is 5.40. The van der Waals surface area contributed by atoms with Gasteiger partial charge in [0, 0.05) is 0 Å². The van der Waals surface area contributed by atoms with E-state index in [0.717, 1.165) is 12.8 Å². The number of carboxylic acids is 2. The van der Waals surface area contributed by atoms with Gasteiger partial charge in [-0.2, -0.15) is 0 Å². The fraction of sp³-hybridized carbons (Fsp3) is 0.667. The van der Waals surface area contributed by atoms with Gasteiger partial charge in [-0.1, -0.05) is 107 Å². The molecule has 0 unspecified atom stereocenters. The van der Waals surface area contributed by atoms with Gasteiger partial charge in [0.2, 0.25) is 0 Å². The van der Waals surface area contributed by atoms with Gasteiger partial charge in [-0.3, -0.25) is 9.59 Å². The van der Waals surface area contributed by atoms with E-state index in [1.165, 1.54) is 76.2 Å². The highest BCUT2D eigenvalue weighted by Gasteiger charge is 2.24. The van der Waals surface area contributed by atoms with Crippen molar-refractivity contribution < 1.29 is 19.8 Å². The normalized spacial score (nSPS) is 11.0. The van der Waals surface area contributed by atoms with Crippen LogP contribution in [-0.2, 0) is 16.0 Å². The monoisotopic (exact) mass is 390 g/mol. The van der Waals surface area contributed by atoms with Crippen molar-refractivity contribution in [1.29, 1.82) is 0 Å². The number of rotatable bonds is 18. The Morgan fingerprint density at radius 1 is 0.607 bits per heavy atom. The highest BCUT2D eigenvalue weighted by molar-refractivity contribution is 5.92. The number of aliphatic carboxylic acids is 2. The molecule has 0 amide bonds. The lowest BCUT2D eigenvalue weighted by atomic mass is 10.00. The average Bonchev–Trinajstić information content (AvgIpc) is 2.67. The van der Waals surface area contributed by atoms with Gasteiger partial charge in [-0.05, 0) is 24.8 Å². The summed E-state index contributed by atoms with van der Waals surface area (Å²) < 4.78 is 0. The van der Waals surface area contributed by atoms with E-state index in [1.54, 1.807) is 0 Å². The van der Waals surface area contributed by atoms with Crippen LogP contribution in [0.4, 0.5) is 0 Å². The van der Waals surface area contributed by atoms with Crippen LogP contribution in [0.25, 0.3) is 0 Å². The first-order chi connectivity index (χ1) is 13.6. The molecule has 158 valence electrons. The second kappa shape index (κ2) is 16.1. The van der Waals surface area contributed by atoms with Crippen LogP contribution < -0.4 is 0 Å². The number of carboxylic acid groups (broad SMARTS) is 2. The molecule has 0 aliphatic rings. The Bertz CT molecular complexity index is 513. The summed E-state index contributed by atoms with van der Waals surface area (Å²) in [6, 6.07) is 10.7. The second-order valence-corrected chi connectivity index (χ2v) is 7.85. The maximum absolute atomic E-state index is 10.8. The zero-order chi connectivity index (χ0) is 20.5. The summed E-state index contributed by atoms with van der Waals surface area (Å²) in [6.45, 7) is 0. The number of hydrogen-bond acceptors (Lipinski definition) is 2. The van der Waals surface area contributed by atoms with Crippen LogP contribution in [0, 0.1) is 5.92 Å². The molecule has 0 saturated heterocycles. The van der Waals surface area contributed by atoms with Gasteiger partial charge >= 0.3 is 11.9 Å². The minimum Gasteiger partial charge on any atom is -0.481 e. The molecular weight excluding hydrogens is 352 g/mol. The summed E-state index contributed by atoms with van der Waals surface area (Å²) in [5.41, 5.74) is 1.45. The average molecular weight is 391 g/mol. The third-order valence-corrected chi connectivity index (χ3v) is 5.40. The Morgan fingerprint density at radius 2 is 1.00 bits per heavy atom. The Labute approximate surface area is 170 Å². The van der Waals surface area contributed by atoms with Crippen molar-refractivity contribution in [3.05, 3.63) is 35.9 Å². The fourth-order valence-corrected chi connectivity index (χ4v) is 3.62. The lowest BCUT2D eigenvalue weighted by Crippen LogP contribution is -2.23. The van der Waals surface area contributed by atoms with Crippen LogP contribution in [-0.4, -0.2) is 22.2 Å². The van der Waals surface area contributed by atoms with Gasteiger partial charge in [-0.15, -0.1) is 0 Å². The van der Waals surface area contributed by atoms with Crippen molar-refractivity contribution >= 4 is 11.9 Å². The van der Waals surface area contributed by atoms with E-state index in [2.05, 4.69) is 30.3 Å². The lowest BCUT2D eigenvalue weighted by molar-refractivity contribution is -0.154. The quantitative estimate of drug-likeness (QED) is 0.222. The van der Waals surface area contributed by atoms with Gasteiger partial charge < -0.3 is 10.2 Å². The van der Waals surface area contributed by atoms with Gasteiger partial charge in [0.05, 0.1) is 0 Å². The molecule has 4 nitrogen and oxygen atoms in total. The minimum atomic E-state index is -1.24. The summed E-state index contributed by atoms with van der Waals surface area (Å²) in [7, 11) is 0. The van der Waals surface area contributed by atoms with Crippen molar-refractivity contribution in [1.82, 2.24) is 0 Å². The first-order valence-electron chi connectivity index (χ1n) is 11.1. The number of hydrogen-bond donors (Lipinski definition) is 2. The minimum absolute atomic E-state index is 0.246. The van der Waals surface area contributed by atoms with Crippen LogP contribution in [0.2, 0.25) is 0 Å². The smallest absolute Gasteiger partial charge is 0.317 e. The maximum atomic E-state index is 10.8. The summed E-state index contributed by atoms with van der Waals surface area (Å²) >= 11 is 0. The van der Waals surface area contributed by atoms with Crippen molar-refractivity contribution in [2.75, 3.05) is 0 Å². The van der Waals surface area contributed by atoms with Crippen molar-refractivity contribution in [2.24, 2.45) is 5.92 Å². The van der Waals surface area contributed by atoms with Crippen molar-refractivity contribution in [3.63, 3.8) is 0 Å². The lowest BCUT2D eigenvalue weighted by Gasteiger charge is -2.07. The van der Waals surface area contributed by atoms with Crippen LogP contribution in [0.5, 0.6) is 0 Å². The molecule has 0 saturated carbocycles. The van der Waals surface area contributed by atoms with Crippen molar-refractivity contribution in [2.45, 2.75) is 96.3 Å². The molecule has 0 bridgehead atoms. The second-order valence-electron chi connectivity index (χ2n) is 7.85. The molecule has 0 aromatic heterocycles. The number of benzene rings is 1. The fourth-order valence-electron chi connectivity index (χ4n) is 3.62. The van der Waals surface area contributed by atoms with Crippen LogP contribution in [0.15, 0.2) is 30.3 Å². The number of carbonyl (C=O) groups is 2. The van der Waals surface area contributed by atoms with E-state index >= 15 is 0 Å². The first kappa shape index (κ1) is 24.2. The predicted molar refractivity (Wildman–Crippen MR) is 114 cm³/mol. The molecule has 1 aromatic rings. The van der Waals surface area contributed by atoms with Gasteiger partial charge in [0.25, 0.3) is 0 Å². The van der Waals surface area contributed by atoms with E-state index in [9.17, 15) is 9.59 Å². The molecule has 0 atom stereocenters. The largest absolute Gasteiger partial charge is 0.481 e.